The second-order valence-corrected chi connectivity index (χ2v) is 3.63. The molecule has 0 aromatic rings. The van der Waals surface area contributed by atoms with Crippen molar-refractivity contribution >= 4 is 5.97 Å². The van der Waals surface area contributed by atoms with Gasteiger partial charge >= 0.3 is 5.97 Å². The zero-order chi connectivity index (χ0) is 10.1. The average molecular weight is 184 g/mol. The van der Waals surface area contributed by atoms with Crippen LogP contribution in [0.4, 0.5) is 0 Å². The summed E-state index contributed by atoms with van der Waals surface area (Å²) in [6.45, 7) is 7.88. The van der Waals surface area contributed by atoms with Crippen molar-refractivity contribution in [3.05, 3.63) is 12.7 Å². The van der Waals surface area contributed by atoms with Gasteiger partial charge in [-0.15, -0.1) is 6.58 Å². The van der Waals surface area contributed by atoms with E-state index in [1.54, 1.807) is 6.08 Å². The van der Waals surface area contributed by atoms with Crippen LogP contribution in [0.1, 0.15) is 20.3 Å². The number of carbonyl (C=O) groups is 1. The highest BCUT2D eigenvalue weighted by atomic mass is 16.5. The van der Waals surface area contributed by atoms with Crippen LogP contribution < -0.4 is 0 Å². The van der Waals surface area contributed by atoms with Gasteiger partial charge in [-0.3, -0.25) is 4.79 Å². The lowest BCUT2D eigenvalue weighted by Crippen LogP contribution is -2.42. The molecule has 1 aliphatic heterocycles. The van der Waals surface area contributed by atoms with Gasteiger partial charge in [0.15, 0.2) is 0 Å². The molecule has 0 aromatic carbocycles. The fraction of sp³-hybridized carbons (Fsp3) is 0.700. The van der Waals surface area contributed by atoms with E-state index < -0.39 is 11.4 Å². The highest BCUT2D eigenvalue weighted by molar-refractivity contribution is 5.76. The highest BCUT2D eigenvalue weighted by Crippen LogP contribution is 2.42. The molecule has 1 rings (SSSR count). The molecule has 0 radical (unpaired) electrons. The van der Waals surface area contributed by atoms with Crippen LogP contribution in [0.15, 0.2) is 12.7 Å². The fourth-order valence-corrected chi connectivity index (χ4v) is 2.04. The summed E-state index contributed by atoms with van der Waals surface area (Å²) in [5.74, 6) is -0.826. The van der Waals surface area contributed by atoms with Gasteiger partial charge in [0.1, 0.15) is 5.41 Å². The molecule has 3 atom stereocenters. The zero-order valence-corrected chi connectivity index (χ0v) is 8.12. The Labute approximate surface area is 78.4 Å². The van der Waals surface area contributed by atoms with Crippen molar-refractivity contribution in [1.29, 1.82) is 0 Å². The first-order chi connectivity index (χ1) is 6.05. The summed E-state index contributed by atoms with van der Waals surface area (Å²) < 4.78 is 5.32. The van der Waals surface area contributed by atoms with E-state index in [1.807, 2.05) is 13.8 Å². The lowest BCUT2D eigenvalue weighted by atomic mass is 9.71. The third-order valence-corrected chi connectivity index (χ3v) is 3.17. The van der Waals surface area contributed by atoms with E-state index in [-0.39, 0.29) is 12.0 Å². The zero-order valence-electron chi connectivity index (χ0n) is 8.12. The minimum atomic E-state index is -0.773. The maximum absolute atomic E-state index is 11.2. The monoisotopic (exact) mass is 184 g/mol. The Balaban J connectivity index is 2.99. The van der Waals surface area contributed by atoms with E-state index in [2.05, 4.69) is 6.58 Å². The molecule has 0 aliphatic carbocycles. The molecule has 3 heteroatoms. The van der Waals surface area contributed by atoms with Crippen molar-refractivity contribution in [3.63, 3.8) is 0 Å². The van der Waals surface area contributed by atoms with Crippen LogP contribution in [0.25, 0.3) is 0 Å². The standard InChI is InChI=1S/C10H16O3/c1-4-7(2)10(9(11)12)5-6-13-8(10)3/h4,7-8H,1,5-6H2,2-3H3,(H,11,12). The number of hydrogen-bond acceptors (Lipinski definition) is 2. The summed E-state index contributed by atoms with van der Waals surface area (Å²) in [5.41, 5.74) is -0.762. The molecular weight excluding hydrogens is 168 g/mol. The molecule has 3 nitrogen and oxygen atoms in total. The Hall–Kier alpha value is -0.830. The van der Waals surface area contributed by atoms with Gasteiger partial charge in [-0.1, -0.05) is 13.0 Å². The fourth-order valence-electron chi connectivity index (χ4n) is 2.04. The quantitative estimate of drug-likeness (QED) is 0.679. The van der Waals surface area contributed by atoms with E-state index in [9.17, 15) is 9.90 Å². The first kappa shape index (κ1) is 10.3. The summed E-state index contributed by atoms with van der Waals surface area (Å²) in [6, 6.07) is 0. The van der Waals surface area contributed by atoms with Crippen LogP contribution in [0, 0.1) is 11.3 Å². The first-order valence-corrected chi connectivity index (χ1v) is 4.53. The number of rotatable bonds is 3. The average Bonchev–Trinajstić information content (AvgIpc) is 2.47. The number of carboxylic acid groups (broad SMARTS) is 1. The van der Waals surface area contributed by atoms with Gasteiger partial charge in [0, 0.05) is 6.61 Å². The second-order valence-electron chi connectivity index (χ2n) is 3.63. The molecule has 0 spiro atoms. The lowest BCUT2D eigenvalue weighted by molar-refractivity contribution is -0.154. The number of allylic oxidation sites excluding steroid dienone is 1. The predicted octanol–water partition coefficient (Wildman–Crippen LogP) is 1.69. The molecule has 1 fully saturated rings. The van der Waals surface area contributed by atoms with Gasteiger partial charge in [0.05, 0.1) is 6.10 Å². The Bertz CT molecular complexity index is 224. The molecule has 0 bridgehead atoms. The van der Waals surface area contributed by atoms with Gasteiger partial charge in [-0.2, -0.15) is 0 Å². The summed E-state index contributed by atoms with van der Waals surface area (Å²) in [4.78, 5) is 11.2. The molecule has 1 heterocycles. The number of hydrogen-bond donors (Lipinski definition) is 1. The van der Waals surface area contributed by atoms with Crippen molar-refractivity contribution < 1.29 is 14.6 Å². The molecule has 74 valence electrons. The molecule has 0 aromatic heterocycles. The van der Waals surface area contributed by atoms with Gasteiger partial charge in [-0.05, 0) is 19.3 Å². The van der Waals surface area contributed by atoms with Crippen molar-refractivity contribution in [2.24, 2.45) is 11.3 Å². The number of aliphatic carboxylic acids is 1. The van der Waals surface area contributed by atoms with Gasteiger partial charge in [-0.25, -0.2) is 0 Å². The second kappa shape index (κ2) is 3.50. The molecule has 3 unspecified atom stereocenters. The summed E-state index contributed by atoms with van der Waals surface area (Å²) >= 11 is 0. The first-order valence-electron chi connectivity index (χ1n) is 4.53. The molecule has 1 N–H and O–H groups in total. The molecule has 0 amide bonds. The summed E-state index contributed by atoms with van der Waals surface area (Å²) in [7, 11) is 0. The Morgan fingerprint density at radius 3 is 2.77 bits per heavy atom. The van der Waals surface area contributed by atoms with Crippen LogP contribution in [0.3, 0.4) is 0 Å². The largest absolute Gasteiger partial charge is 0.481 e. The van der Waals surface area contributed by atoms with Gasteiger partial charge < -0.3 is 9.84 Å². The Morgan fingerprint density at radius 2 is 2.46 bits per heavy atom. The molecule has 0 saturated carbocycles. The van der Waals surface area contributed by atoms with Crippen molar-refractivity contribution in [2.75, 3.05) is 6.61 Å². The summed E-state index contributed by atoms with van der Waals surface area (Å²) in [6.07, 6.45) is 2.05. The van der Waals surface area contributed by atoms with Crippen LogP contribution >= 0.6 is 0 Å². The van der Waals surface area contributed by atoms with Crippen LogP contribution in [-0.4, -0.2) is 23.8 Å². The van der Waals surface area contributed by atoms with Crippen LogP contribution in [-0.2, 0) is 9.53 Å². The third-order valence-electron chi connectivity index (χ3n) is 3.17. The highest BCUT2D eigenvalue weighted by Gasteiger charge is 2.51. The molecule has 1 aliphatic rings. The Morgan fingerprint density at radius 1 is 1.85 bits per heavy atom. The molecule has 13 heavy (non-hydrogen) atoms. The van der Waals surface area contributed by atoms with Crippen LogP contribution in [0.5, 0.6) is 0 Å². The summed E-state index contributed by atoms with van der Waals surface area (Å²) in [5, 5.41) is 9.21. The smallest absolute Gasteiger partial charge is 0.312 e. The topological polar surface area (TPSA) is 46.5 Å². The number of carboxylic acids is 1. The maximum atomic E-state index is 11.2. The van der Waals surface area contributed by atoms with Crippen LogP contribution in [0.2, 0.25) is 0 Å². The Kier molecular flexibility index (Phi) is 2.76. The molecular formula is C10H16O3. The van der Waals surface area contributed by atoms with Gasteiger partial charge in [0.2, 0.25) is 0 Å². The minimum absolute atomic E-state index is 0.0532. The van der Waals surface area contributed by atoms with Crippen molar-refractivity contribution in [1.82, 2.24) is 0 Å². The normalized spacial score (nSPS) is 35.7. The predicted molar refractivity (Wildman–Crippen MR) is 49.5 cm³/mol. The van der Waals surface area contributed by atoms with E-state index in [1.165, 1.54) is 0 Å². The van der Waals surface area contributed by atoms with E-state index >= 15 is 0 Å². The van der Waals surface area contributed by atoms with Crippen molar-refractivity contribution in [2.45, 2.75) is 26.4 Å². The van der Waals surface area contributed by atoms with Crippen molar-refractivity contribution in [3.8, 4) is 0 Å². The van der Waals surface area contributed by atoms with E-state index in [0.29, 0.717) is 13.0 Å². The third kappa shape index (κ3) is 1.37. The van der Waals surface area contributed by atoms with E-state index in [0.717, 1.165) is 0 Å². The minimum Gasteiger partial charge on any atom is -0.481 e. The molecule has 1 saturated heterocycles. The number of ether oxygens (including phenoxy) is 1. The SMILES string of the molecule is C=CC(C)C1(C(=O)O)CCOC1C. The van der Waals surface area contributed by atoms with E-state index in [4.69, 9.17) is 4.74 Å². The van der Waals surface area contributed by atoms with Gasteiger partial charge in [0.25, 0.3) is 0 Å². The maximum Gasteiger partial charge on any atom is 0.312 e. The lowest BCUT2D eigenvalue weighted by Gasteiger charge is -2.31.